The molecule has 2 bridgehead atoms. The zero-order valence-corrected chi connectivity index (χ0v) is 20.3. The highest BCUT2D eigenvalue weighted by molar-refractivity contribution is 5.10. The number of hydrogen-bond acceptors (Lipinski definition) is 3. The number of piperazine rings is 1. The van der Waals surface area contributed by atoms with Gasteiger partial charge in [0.2, 0.25) is 0 Å². The van der Waals surface area contributed by atoms with Crippen LogP contribution in [0.15, 0.2) is 0 Å². The van der Waals surface area contributed by atoms with Crippen molar-refractivity contribution in [2.75, 3.05) is 26.2 Å². The van der Waals surface area contributed by atoms with Crippen molar-refractivity contribution < 1.29 is 0 Å². The molecule has 3 saturated heterocycles. The summed E-state index contributed by atoms with van der Waals surface area (Å²) in [6.45, 7) is 27.3. The number of fused-ring (bicyclic) bond motifs is 3. The van der Waals surface area contributed by atoms with E-state index in [1.54, 1.807) is 0 Å². The molecular weight excluding hydrogens is 342 g/mol. The standard InChI is InChI=1S/C25H47N3/c1-17(2)22-20-15-26(16-21(20)22)24(6,7)10-11-25(8,9)28-14-18-12-19(28)13-27(18)23(3,4)5/h17-22H,10-16H2,1-9H3. The third-order valence-electron chi connectivity index (χ3n) is 9.11. The van der Waals surface area contributed by atoms with Gasteiger partial charge in [-0.3, -0.25) is 14.7 Å². The van der Waals surface area contributed by atoms with Gasteiger partial charge in [0, 0.05) is 54.9 Å². The molecule has 0 spiro atoms. The molecule has 4 atom stereocenters. The van der Waals surface area contributed by atoms with E-state index in [-0.39, 0.29) is 0 Å². The van der Waals surface area contributed by atoms with Crippen LogP contribution in [-0.4, -0.2) is 69.6 Å². The van der Waals surface area contributed by atoms with Crippen molar-refractivity contribution in [3.8, 4) is 0 Å². The zero-order chi connectivity index (χ0) is 20.6. The second-order valence-electron chi connectivity index (χ2n) is 13.2. The molecule has 4 fully saturated rings. The topological polar surface area (TPSA) is 9.72 Å². The molecule has 28 heavy (non-hydrogen) atoms. The number of hydrogen-bond donors (Lipinski definition) is 0. The largest absolute Gasteiger partial charge is 0.298 e. The van der Waals surface area contributed by atoms with E-state index in [0.29, 0.717) is 16.6 Å². The monoisotopic (exact) mass is 389 g/mol. The van der Waals surface area contributed by atoms with Crippen LogP contribution in [0.5, 0.6) is 0 Å². The molecule has 0 aromatic carbocycles. The van der Waals surface area contributed by atoms with Crippen LogP contribution < -0.4 is 0 Å². The third kappa shape index (κ3) is 3.58. The fourth-order valence-electron chi connectivity index (χ4n) is 7.20. The van der Waals surface area contributed by atoms with Crippen LogP contribution in [0.1, 0.15) is 81.6 Å². The van der Waals surface area contributed by atoms with Gasteiger partial charge in [-0.15, -0.1) is 0 Å². The first kappa shape index (κ1) is 21.1. The molecule has 0 radical (unpaired) electrons. The van der Waals surface area contributed by atoms with Crippen molar-refractivity contribution in [2.24, 2.45) is 23.7 Å². The lowest BCUT2D eigenvalue weighted by molar-refractivity contribution is 0.000547. The lowest BCUT2D eigenvalue weighted by Gasteiger charge is -2.48. The molecule has 3 nitrogen and oxygen atoms in total. The Kier molecular flexibility index (Phi) is 5.05. The summed E-state index contributed by atoms with van der Waals surface area (Å²) in [5, 5.41) is 0. The number of rotatable bonds is 6. The molecule has 0 aromatic heterocycles. The Labute approximate surface area is 175 Å². The summed E-state index contributed by atoms with van der Waals surface area (Å²) in [5.41, 5.74) is 0.994. The van der Waals surface area contributed by atoms with Crippen molar-refractivity contribution in [2.45, 2.75) is 110 Å². The first-order valence-corrected chi connectivity index (χ1v) is 12.1. The van der Waals surface area contributed by atoms with Crippen LogP contribution in [0.25, 0.3) is 0 Å². The van der Waals surface area contributed by atoms with Crippen molar-refractivity contribution in [3.05, 3.63) is 0 Å². The summed E-state index contributed by atoms with van der Waals surface area (Å²) in [7, 11) is 0. The molecule has 162 valence electrons. The highest BCUT2D eigenvalue weighted by Crippen LogP contribution is 2.57. The molecule has 4 aliphatic rings. The van der Waals surface area contributed by atoms with Crippen molar-refractivity contribution >= 4 is 0 Å². The minimum atomic E-state index is 0.322. The van der Waals surface area contributed by atoms with E-state index in [9.17, 15) is 0 Å². The Bertz CT molecular complexity index is 575. The molecule has 0 amide bonds. The van der Waals surface area contributed by atoms with Gasteiger partial charge in [-0.1, -0.05) is 13.8 Å². The lowest BCUT2D eigenvalue weighted by atomic mass is 9.86. The Hall–Kier alpha value is -0.120. The van der Waals surface area contributed by atoms with E-state index < -0.39 is 0 Å². The van der Waals surface area contributed by atoms with Crippen LogP contribution in [0.3, 0.4) is 0 Å². The summed E-state index contributed by atoms with van der Waals surface area (Å²) < 4.78 is 0. The predicted octanol–water partition coefficient (Wildman–Crippen LogP) is 4.71. The molecule has 4 unspecified atom stereocenters. The number of piperidine rings is 1. The van der Waals surface area contributed by atoms with Crippen LogP contribution in [0.2, 0.25) is 0 Å². The molecule has 4 rings (SSSR count). The van der Waals surface area contributed by atoms with Gasteiger partial charge in [-0.05, 0) is 91.4 Å². The van der Waals surface area contributed by atoms with E-state index in [1.807, 2.05) is 0 Å². The summed E-state index contributed by atoms with van der Waals surface area (Å²) in [6.07, 6.45) is 4.02. The average Bonchev–Trinajstić information content (AvgIpc) is 3.00. The molecule has 1 saturated carbocycles. The molecule has 1 aliphatic carbocycles. The van der Waals surface area contributed by atoms with Gasteiger partial charge in [0.25, 0.3) is 0 Å². The first-order valence-electron chi connectivity index (χ1n) is 12.1. The van der Waals surface area contributed by atoms with E-state index in [1.165, 1.54) is 45.4 Å². The summed E-state index contributed by atoms with van der Waals surface area (Å²) in [4.78, 5) is 8.46. The minimum absolute atomic E-state index is 0.322. The fraction of sp³-hybridized carbons (Fsp3) is 1.00. The first-order chi connectivity index (χ1) is 12.8. The second kappa shape index (κ2) is 6.69. The number of nitrogens with zero attached hydrogens (tertiary/aromatic N) is 3. The van der Waals surface area contributed by atoms with Crippen LogP contribution in [0, 0.1) is 23.7 Å². The molecule has 3 heterocycles. The van der Waals surface area contributed by atoms with E-state index in [0.717, 1.165) is 35.8 Å². The summed E-state index contributed by atoms with van der Waals surface area (Å²) in [5.74, 6) is 3.92. The highest BCUT2D eigenvalue weighted by Gasteiger charge is 2.58. The SMILES string of the molecule is CC(C)C1C2CN(C(C)(C)CCC(C)(C)N3CC4CC3CN4C(C)(C)C)CC21. The van der Waals surface area contributed by atoms with Gasteiger partial charge in [0.1, 0.15) is 0 Å². The van der Waals surface area contributed by atoms with Crippen molar-refractivity contribution in [3.63, 3.8) is 0 Å². The van der Waals surface area contributed by atoms with Crippen molar-refractivity contribution in [1.82, 2.24) is 14.7 Å². The highest BCUT2D eigenvalue weighted by atomic mass is 15.4. The van der Waals surface area contributed by atoms with Gasteiger partial charge in [-0.25, -0.2) is 0 Å². The summed E-state index contributed by atoms with van der Waals surface area (Å²) >= 11 is 0. The Morgan fingerprint density at radius 3 is 1.68 bits per heavy atom. The molecule has 0 aromatic rings. The zero-order valence-electron chi connectivity index (χ0n) is 20.3. The van der Waals surface area contributed by atoms with Crippen LogP contribution >= 0.6 is 0 Å². The normalized spacial score (nSPS) is 37.3. The van der Waals surface area contributed by atoms with Crippen LogP contribution in [0.4, 0.5) is 0 Å². The summed E-state index contributed by atoms with van der Waals surface area (Å²) in [6, 6.07) is 1.55. The van der Waals surface area contributed by atoms with Gasteiger partial charge < -0.3 is 0 Å². The van der Waals surface area contributed by atoms with Gasteiger partial charge >= 0.3 is 0 Å². The molecule has 0 N–H and O–H groups in total. The second-order valence-corrected chi connectivity index (χ2v) is 13.2. The fourth-order valence-corrected chi connectivity index (χ4v) is 7.20. The van der Waals surface area contributed by atoms with E-state index in [4.69, 9.17) is 0 Å². The maximum atomic E-state index is 2.87. The molecular formula is C25H47N3. The minimum Gasteiger partial charge on any atom is -0.298 e. The van der Waals surface area contributed by atoms with Gasteiger partial charge in [-0.2, -0.15) is 0 Å². The molecule has 3 heteroatoms. The number of likely N-dealkylation sites (tertiary alicyclic amines) is 3. The molecule has 3 aliphatic heterocycles. The van der Waals surface area contributed by atoms with E-state index in [2.05, 4.69) is 77.0 Å². The maximum Gasteiger partial charge on any atom is 0.0244 e. The van der Waals surface area contributed by atoms with Gasteiger partial charge in [0.15, 0.2) is 0 Å². The quantitative estimate of drug-likeness (QED) is 0.651. The third-order valence-corrected chi connectivity index (χ3v) is 9.11. The van der Waals surface area contributed by atoms with E-state index >= 15 is 0 Å². The Balaban J connectivity index is 1.30. The van der Waals surface area contributed by atoms with Gasteiger partial charge in [0.05, 0.1) is 0 Å². The Morgan fingerprint density at radius 2 is 1.21 bits per heavy atom. The lowest BCUT2D eigenvalue weighted by Crippen LogP contribution is -2.58. The van der Waals surface area contributed by atoms with Crippen LogP contribution in [-0.2, 0) is 0 Å². The Morgan fingerprint density at radius 1 is 0.714 bits per heavy atom. The maximum absolute atomic E-state index is 2.87. The smallest absolute Gasteiger partial charge is 0.0244 e. The predicted molar refractivity (Wildman–Crippen MR) is 120 cm³/mol. The average molecular weight is 390 g/mol. The van der Waals surface area contributed by atoms with Crippen molar-refractivity contribution in [1.29, 1.82) is 0 Å².